The van der Waals surface area contributed by atoms with E-state index in [1.54, 1.807) is 29.7 Å². The van der Waals surface area contributed by atoms with E-state index in [4.69, 9.17) is 4.74 Å². The number of likely N-dealkylation sites (tertiary alicyclic amines) is 2. The first-order valence-corrected chi connectivity index (χ1v) is 12.0. The number of aryl methyl sites for hydroxylation is 1. The summed E-state index contributed by atoms with van der Waals surface area (Å²) in [6, 6.07) is 4.78. The zero-order chi connectivity index (χ0) is 24.1. The van der Waals surface area contributed by atoms with Gasteiger partial charge >= 0.3 is 12.0 Å². The van der Waals surface area contributed by atoms with Crippen molar-refractivity contribution in [3.05, 3.63) is 35.1 Å². The second-order valence-corrected chi connectivity index (χ2v) is 9.52. The third-order valence-corrected chi connectivity index (χ3v) is 6.51. The molecule has 0 radical (unpaired) electrons. The largest absolute Gasteiger partial charge is 0.466 e. The van der Waals surface area contributed by atoms with E-state index in [0.29, 0.717) is 51.2 Å². The average Bonchev–Trinajstić information content (AvgIpc) is 2.80. The van der Waals surface area contributed by atoms with Gasteiger partial charge in [-0.15, -0.1) is 0 Å². The van der Waals surface area contributed by atoms with Gasteiger partial charge < -0.3 is 19.9 Å². The minimum absolute atomic E-state index is 0.0208. The van der Waals surface area contributed by atoms with Gasteiger partial charge in [-0.25, -0.2) is 9.18 Å². The lowest BCUT2D eigenvalue weighted by atomic mass is 9.83. The van der Waals surface area contributed by atoms with Gasteiger partial charge in [-0.2, -0.15) is 0 Å². The molecule has 7 nitrogen and oxygen atoms in total. The number of hydrogen-bond donors (Lipinski definition) is 1. The van der Waals surface area contributed by atoms with Crippen LogP contribution in [0.4, 0.5) is 9.18 Å². The van der Waals surface area contributed by atoms with Crippen molar-refractivity contribution in [1.82, 2.24) is 15.1 Å². The molecule has 3 atom stereocenters. The fraction of sp³-hybridized carbons (Fsp3) is 0.640. The molecular formula is C25H36FN3O4. The standard InChI is InChI=1S/C25H36FN3O4/c1-5-33-24(31)19-7-6-10-28(13-19)23(30)21-12-20(18-8-9-22(26)17(4)11-18)14-29(15-21)25(32)27-16(2)3/h8-9,11,16,19-21H,5-7,10,12-15H2,1-4H3,(H,27,32)/t19-,20+,21-/m1/s1. The van der Waals surface area contributed by atoms with E-state index >= 15 is 0 Å². The fourth-order valence-electron chi connectivity index (χ4n) is 4.83. The lowest BCUT2D eigenvalue weighted by Gasteiger charge is -2.41. The van der Waals surface area contributed by atoms with Crippen molar-refractivity contribution in [1.29, 1.82) is 0 Å². The Kier molecular flexibility index (Phi) is 8.32. The molecule has 1 N–H and O–H groups in total. The van der Waals surface area contributed by atoms with E-state index in [1.165, 1.54) is 6.07 Å². The molecule has 3 rings (SSSR count). The number of nitrogens with zero attached hydrogens (tertiary/aromatic N) is 2. The number of halogens is 1. The Balaban J connectivity index is 1.79. The lowest BCUT2D eigenvalue weighted by molar-refractivity contribution is -0.152. The lowest BCUT2D eigenvalue weighted by Crippen LogP contribution is -2.54. The Labute approximate surface area is 195 Å². The minimum atomic E-state index is -0.382. The molecule has 33 heavy (non-hydrogen) atoms. The van der Waals surface area contributed by atoms with Crippen LogP contribution in [-0.2, 0) is 14.3 Å². The second kappa shape index (κ2) is 11.0. The van der Waals surface area contributed by atoms with Crippen LogP contribution in [0.1, 0.15) is 57.1 Å². The highest BCUT2D eigenvalue weighted by atomic mass is 19.1. The Morgan fingerprint density at radius 3 is 2.55 bits per heavy atom. The smallest absolute Gasteiger partial charge is 0.317 e. The number of piperidine rings is 2. The number of carbonyl (C=O) groups excluding carboxylic acids is 3. The molecule has 3 amide bonds. The summed E-state index contributed by atoms with van der Waals surface area (Å²) in [7, 11) is 0. The van der Waals surface area contributed by atoms with E-state index in [9.17, 15) is 18.8 Å². The summed E-state index contributed by atoms with van der Waals surface area (Å²) in [6.07, 6.45) is 2.05. The molecule has 0 aliphatic carbocycles. The van der Waals surface area contributed by atoms with Gasteiger partial charge in [-0.05, 0) is 64.2 Å². The van der Waals surface area contributed by atoms with E-state index in [2.05, 4.69) is 5.32 Å². The number of carbonyl (C=O) groups is 3. The molecule has 1 aromatic rings. The summed E-state index contributed by atoms with van der Waals surface area (Å²) < 4.78 is 19.0. The molecule has 0 unspecified atom stereocenters. The van der Waals surface area contributed by atoms with Gasteiger partial charge in [0, 0.05) is 38.1 Å². The molecule has 0 spiro atoms. The van der Waals surface area contributed by atoms with Gasteiger partial charge in [0.15, 0.2) is 0 Å². The molecule has 0 saturated carbocycles. The minimum Gasteiger partial charge on any atom is -0.466 e. The maximum Gasteiger partial charge on any atom is 0.317 e. The predicted molar refractivity (Wildman–Crippen MR) is 123 cm³/mol. The molecule has 0 aromatic heterocycles. The highest BCUT2D eigenvalue weighted by Gasteiger charge is 2.38. The third kappa shape index (κ3) is 6.24. The summed E-state index contributed by atoms with van der Waals surface area (Å²) in [6.45, 7) is 9.37. The van der Waals surface area contributed by atoms with Gasteiger partial charge in [-0.1, -0.05) is 12.1 Å². The van der Waals surface area contributed by atoms with E-state index in [-0.39, 0.29) is 47.5 Å². The molecule has 182 valence electrons. The van der Waals surface area contributed by atoms with Crippen LogP contribution in [0, 0.1) is 24.6 Å². The van der Waals surface area contributed by atoms with E-state index in [1.807, 2.05) is 19.9 Å². The van der Waals surface area contributed by atoms with Gasteiger partial charge in [0.1, 0.15) is 5.82 Å². The Bertz CT molecular complexity index is 875. The monoisotopic (exact) mass is 461 g/mol. The van der Waals surface area contributed by atoms with Gasteiger partial charge in [0.25, 0.3) is 0 Å². The van der Waals surface area contributed by atoms with Gasteiger partial charge in [0.2, 0.25) is 5.91 Å². The van der Waals surface area contributed by atoms with Gasteiger partial charge in [-0.3, -0.25) is 9.59 Å². The van der Waals surface area contributed by atoms with Crippen molar-refractivity contribution in [2.24, 2.45) is 11.8 Å². The Hall–Kier alpha value is -2.64. The van der Waals surface area contributed by atoms with Crippen LogP contribution in [0.3, 0.4) is 0 Å². The first-order valence-electron chi connectivity index (χ1n) is 12.0. The summed E-state index contributed by atoms with van der Waals surface area (Å²) in [5, 5.41) is 2.92. The summed E-state index contributed by atoms with van der Waals surface area (Å²) in [5.41, 5.74) is 1.48. The number of urea groups is 1. The summed E-state index contributed by atoms with van der Waals surface area (Å²) in [5.74, 6) is -1.31. The van der Waals surface area contributed by atoms with Crippen LogP contribution in [0.15, 0.2) is 18.2 Å². The van der Waals surface area contributed by atoms with Gasteiger partial charge in [0.05, 0.1) is 18.4 Å². The van der Waals surface area contributed by atoms with E-state index < -0.39 is 0 Å². The number of amides is 3. The molecule has 2 aliphatic heterocycles. The predicted octanol–water partition coefficient (Wildman–Crippen LogP) is 3.46. The summed E-state index contributed by atoms with van der Waals surface area (Å²) in [4.78, 5) is 42.0. The van der Waals surface area contributed by atoms with Crippen LogP contribution in [0.2, 0.25) is 0 Å². The van der Waals surface area contributed by atoms with Crippen LogP contribution in [0.5, 0.6) is 0 Å². The average molecular weight is 462 g/mol. The molecule has 8 heteroatoms. The first-order chi connectivity index (χ1) is 15.7. The maximum atomic E-state index is 13.8. The molecule has 1 aromatic carbocycles. The molecule has 2 saturated heterocycles. The number of rotatable bonds is 5. The van der Waals surface area contributed by atoms with Crippen molar-refractivity contribution in [3.63, 3.8) is 0 Å². The Morgan fingerprint density at radius 1 is 1.15 bits per heavy atom. The zero-order valence-electron chi connectivity index (χ0n) is 20.1. The number of benzene rings is 1. The quantitative estimate of drug-likeness (QED) is 0.681. The van der Waals surface area contributed by atoms with Crippen LogP contribution in [-0.4, -0.2) is 66.5 Å². The normalized spacial score (nSPS) is 23.4. The van der Waals surface area contributed by atoms with E-state index in [0.717, 1.165) is 12.0 Å². The van der Waals surface area contributed by atoms with Crippen LogP contribution < -0.4 is 5.32 Å². The topological polar surface area (TPSA) is 79.0 Å². The van der Waals surface area contributed by atoms with Crippen molar-refractivity contribution >= 4 is 17.9 Å². The fourth-order valence-corrected chi connectivity index (χ4v) is 4.83. The highest BCUT2D eigenvalue weighted by Crippen LogP contribution is 2.33. The number of hydrogen-bond acceptors (Lipinski definition) is 4. The molecule has 2 aliphatic rings. The number of nitrogens with one attached hydrogen (secondary N) is 1. The number of ether oxygens (including phenoxy) is 1. The maximum absolute atomic E-state index is 13.8. The Morgan fingerprint density at radius 2 is 1.88 bits per heavy atom. The summed E-state index contributed by atoms with van der Waals surface area (Å²) >= 11 is 0. The van der Waals surface area contributed by atoms with Crippen molar-refractivity contribution in [2.75, 3.05) is 32.8 Å². The molecular weight excluding hydrogens is 425 g/mol. The second-order valence-electron chi connectivity index (χ2n) is 9.52. The third-order valence-electron chi connectivity index (χ3n) is 6.51. The zero-order valence-corrected chi connectivity index (χ0v) is 20.1. The first kappa shape index (κ1) is 25.0. The van der Waals surface area contributed by atoms with Crippen molar-refractivity contribution in [2.45, 2.75) is 58.9 Å². The SMILES string of the molecule is CCOC(=O)[C@@H]1CCCN(C(=O)[C@@H]2C[C@H](c3ccc(F)c(C)c3)CN(C(=O)NC(C)C)C2)C1. The van der Waals surface area contributed by atoms with Crippen LogP contribution in [0.25, 0.3) is 0 Å². The van der Waals surface area contributed by atoms with Crippen LogP contribution >= 0.6 is 0 Å². The molecule has 2 heterocycles. The molecule has 2 fully saturated rings. The highest BCUT2D eigenvalue weighted by molar-refractivity contribution is 5.82. The van der Waals surface area contributed by atoms with Crippen molar-refractivity contribution < 1.29 is 23.5 Å². The number of esters is 1. The molecule has 0 bridgehead atoms. The van der Waals surface area contributed by atoms with Crippen molar-refractivity contribution in [3.8, 4) is 0 Å².